The summed E-state index contributed by atoms with van der Waals surface area (Å²) in [4.78, 5) is 0.137. The normalized spacial score (nSPS) is 11.3. The first-order valence-electron chi connectivity index (χ1n) is 6.40. The summed E-state index contributed by atoms with van der Waals surface area (Å²) < 4.78 is 32.5. The number of nitrogens with one attached hydrogen (secondary N) is 1. The number of hydrogen-bond acceptors (Lipinski definition) is 4. The summed E-state index contributed by atoms with van der Waals surface area (Å²) in [7, 11) is -2.12. The van der Waals surface area contributed by atoms with Gasteiger partial charge in [0, 0.05) is 18.4 Å². The van der Waals surface area contributed by atoms with Gasteiger partial charge in [0.05, 0.1) is 17.2 Å². The first-order chi connectivity index (χ1) is 9.94. The van der Waals surface area contributed by atoms with Crippen molar-refractivity contribution in [2.24, 2.45) is 0 Å². The average molecular weight is 306 g/mol. The van der Waals surface area contributed by atoms with Crippen LogP contribution in [0, 0.1) is 6.92 Å². The van der Waals surface area contributed by atoms with Gasteiger partial charge in [-0.2, -0.15) is 0 Å². The second-order valence-corrected chi connectivity index (χ2v) is 6.40. The molecule has 0 saturated carbocycles. The van der Waals surface area contributed by atoms with E-state index in [2.05, 4.69) is 4.72 Å². The largest absolute Gasteiger partial charge is 0.398 e. The summed E-state index contributed by atoms with van der Waals surface area (Å²) in [6.07, 6.45) is 0. The van der Waals surface area contributed by atoms with Gasteiger partial charge in [-0.05, 0) is 30.7 Å². The van der Waals surface area contributed by atoms with E-state index >= 15 is 0 Å². The minimum Gasteiger partial charge on any atom is -0.398 e. The van der Waals surface area contributed by atoms with Gasteiger partial charge in [-0.3, -0.25) is 4.72 Å². The molecule has 0 amide bonds. The molecular formula is C15H18N2O3S. The molecule has 0 fully saturated rings. The number of rotatable bonds is 5. The molecule has 0 saturated heterocycles. The van der Waals surface area contributed by atoms with Crippen LogP contribution in [0.1, 0.15) is 11.1 Å². The van der Waals surface area contributed by atoms with Crippen LogP contribution in [0.15, 0.2) is 47.4 Å². The van der Waals surface area contributed by atoms with E-state index in [0.717, 1.165) is 11.1 Å². The van der Waals surface area contributed by atoms with Crippen LogP contribution in [-0.4, -0.2) is 15.5 Å². The van der Waals surface area contributed by atoms with Crippen LogP contribution >= 0.6 is 0 Å². The fourth-order valence-electron chi connectivity index (χ4n) is 1.89. The van der Waals surface area contributed by atoms with Gasteiger partial charge in [-0.15, -0.1) is 0 Å². The zero-order valence-corrected chi connectivity index (χ0v) is 12.8. The molecule has 0 heterocycles. The number of para-hydroxylation sites is 1. The van der Waals surface area contributed by atoms with Crippen LogP contribution in [0.4, 0.5) is 11.4 Å². The van der Waals surface area contributed by atoms with E-state index in [1.807, 2.05) is 19.1 Å². The number of anilines is 2. The summed E-state index contributed by atoms with van der Waals surface area (Å²) in [5.41, 5.74) is 8.33. The van der Waals surface area contributed by atoms with Gasteiger partial charge in [0.2, 0.25) is 0 Å². The van der Waals surface area contributed by atoms with Gasteiger partial charge in [-0.1, -0.05) is 24.3 Å². The molecule has 112 valence electrons. The lowest BCUT2D eigenvalue weighted by atomic mass is 10.2. The Morgan fingerprint density at radius 3 is 2.57 bits per heavy atom. The van der Waals surface area contributed by atoms with Gasteiger partial charge in [-0.25, -0.2) is 8.42 Å². The van der Waals surface area contributed by atoms with Crippen LogP contribution < -0.4 is 10.5 Å². The van der Waals surface area contributed by atoms with Crippen LogP contribution in [0.25, 0.3) is 0 Å². The Morgan fingerprint density at radius 2 is 1.90 bits per heavy atom. The van der Waals surface area contributed by atoms with Crippen molar-refractivity contribution in [1.82, 2.24) is 0 Å². The van der Waals surface area contributed by atoms with Crippen molar-refractivity contribution in [1.29, 1.82) is 0 Å². The Balaban J connectivity index is 2.35. The molecule has 2 aromatic rings. The van der Waals surface area contributed by atoms with E-state index in [1.54, 1.807) is 25.3 Å². The fourth-order valence-corrected chi connectivity index (χ4v) is 3.03. The summed E-state index contributed by atoms with van der Waals surface area (Å²) in [6, 6.07) is 11.8. The predicted molar refractivity (Wildman–Crippen MR) is 83.6 cm³/mol. The number of methoxy groups -OCH3 is 1. The third-order valence-corrected chi connectivity index (χ3v) is 4.49. The number of hydrogen-bond donors (Lipinski definition) is 2. The first-order valence-corrected chi connectivity index (χ1v) is 7.88. The van der Waals surface area contributed by atoms with Crippen molar-refractivity contribution in [2.75, 3.05) is 17.6 Å². The number of nitrogens with two attached hydrogens (primary N) is 1. The Hall–Kier alpha value is -2.05. The topological polar surface area (TPSA) is 81.4 Å². The maximum Gasteiger partial charge on any atom is 0.261 e. The van der Waals surface area contributed by atoms with E-state index in [0.29, 0.717) is 18.0 Å². The number of sulfonamides is 1. The molecular weight excluding hydrogens is 288 g/mol. The average Bonchev–Trinajstić information content (AvgIpc) is 2.44. The van der Waals surface area contributed by atoms with Gasteiger partial charge in [0.15, 0.2) is 0 Å². The van der Waals surface area contributed by atoms with Crippen LogP contribution in [0.2, 0.25) is 0 Å². The Labute approximate surface area is 124 Å². The maximum atomic E-state index is 12.4. The van der Waals surface area contributed by atoms with Crippen molar-refractivity contribution in [3.05, 3.63) is 53.6 Å². The van der Waals surface area contributed by atoms with E-state index in [9.17, 15) is 8.42 Å². The van der Waals surface area contributed by atoms with E-state index in [-0.39, 0.29) is 4.90 Å². The molecule has 0 aliphatic carbocycles. The fraction of sp³-hybridized carbons (Fsp3) is 0.200. The number of aryl methyl sites for hydroxylation is 1. The maximum absolute atomic E-state index is 12.4. The molecule has 0 aromatic heterocycles. The molecule has 2 rings (SSSR count). The first kappa shape index (κ1) is 15.3. The molecule has 0 radical (unpaired) electrons. The molecule has 0 aliphatic heterocycles. The smallest absolute Gasteiger partial charge is 0.261 e. The lowest BCUT2D eigenvalue weighted by Crippen LogP contribution is -2.14. The Morgan fingerprint density at radius 1 is 1.19 bits per heavy atom. The van der Waals surface area contributed by atoms with Crippen LogP contribution in [-0.2, 0) is 21.4 Å². The van der Waals surface area contributed by atoms with Crippen molar-refractivity contribution in [3.8, 4) is 0 Å². The third-order valence-electron chi connectivity index (χ3n) is 3.12. The molecule has 2 aromatic carbocycles. The molecule has 0 bridgehead atoms. The molecule has 0 atom stereocenters. The summed E-state index contributed by atoms with van der Waals surface area (Å²) >= 11 is 0. The van der Waals surface area contributed by atoms with E-state index in [4.69, 9.17) is 10.5 Å². The Bertz CT molecular complexity index is 742. The molecule has 5 nitrogen and oxygen atoms in total. The number of benzene rings is 2. The summed E-state index contributed by atoms with van der Waals surface area (Å²) in [5, 5.41) is 0. The van der Waals surface area contributed by atoms with Gasteiger partial charge in [0.25, 0.3) is 10.0 Å². The zero-order valence-electron chi connectivity index (χ0n) is 12.0. The monoisotopic (exact) mass is 306 g/mol. The quantitative estimate of drug-likeness (QED) is 0.832. The second kappa shape index (κ2) is 6.15. The highest BCUT2D eigenvalue weighted by atomic mass is 32.2. The second-order valence-electron chi connectivity index (χ2n) is 4.71. The minimum absolute atomic E-state index is 0.137. The standard InChI is InChI=1S/C15H18N2O3S/c1-11-7-8-13(9-14(11)16)21(18,19)17-15-6-4-3-5-12(15)10-20-2/h3-9,17H,10,16H2,1-2H3. The van der Waals surface area contributed by atoms with Crippen molar-refractivity contribution >= 4 is 21.4 Å². The van der Waals surface area contributed by atoms with Crippen LogP contribution in [0.3, 0.4) is 0 Å². The minimum atomic E-state index is -3.68. The SMILES string of the molecule is COCc1ccccc1NS(=O)(=O)c1ccc(C)c(N)c1. The van der Waals surface area contributed by atoms with Gasteiger partial charge < -0.3 is 10.5 Å². The predicted octanol–water partition coefficient (Wildman–Crippen LogP) is 2.52. The highest BCUT2D eigenvalue weighted by Gasteiger charge is 2.16. The van der Waals surface area contributed by atoms with Gasteiger partial charge >= 0.3 is 0 Å². The molecule has 6 heteroatoms. The van der Waals surface area contributed by atoms with E-state index in [1.165, 1.54) is 12.1 Å². The van der Waals surface area contributed by atoms with Crippen molar-refractivity contribution in [3.63, 3.8) is 0 Å². The third kappa shape index (κ3) is 3.53. The molecule has 0 aliphatic rings. The highest BCUT2D eigenvalue weighted by molar-refractivity contribution is 7.92. The lowest BCUT2D eigenvalue weighted by Gasteiger charge is -2.13. The summed E-state index contributed by atoms with van der Waals surface area (Å²) in [5.74, 6) is 0. The van der Waals surface area contributed by atoms with Crippen LogP contribution in [0.5, 0.6) is 0 Å². The van der Waals surface area contributed by atoms with Crippen molar-refractivity contribution in [2.45, 2.75) is 18.4 Å². The lowest BCUT2D eigenvalue weighted by molar-refractivity contribution is 0.185. The molecule has 0 spiro atoms. The molecule has 21 heavy (non-hydrogen) atoms. The summed E-state index contributed by atoms with van der Waals surface area (Å²) in [6.45, 7) is 2.15. The Kier molecular flexibility index (Phi) is 4.50. The van der Waals surface area contributed by atoms with Crippen molar-refractivity contribution < 1.29 is 13.2 Å². The highest BCUT2D eigenvalue weighted by Crippen LogP contribution is 2.23. The number of ether oxygens (including phenoxy) is 1. The van der Waals surface area contributed by atoms with E-state index < -0.39 is 10.0 Å². The number of nitrogen functional groups attached to an aromatic ring is 1. The van der Waals surface area contributed by atoms with Gasteiger partial charge in [0.1, 0.15) is 0 Å². The molecule has 3 N–H and O–H groups in total. The zero-order chi connectivity index (χ0) is 15.5. The molecule has 0 unspecified atom stereocenters.